The lowest BCUT2D eigenvalue weighted by molar-refractivity contribution is -0.0423. The predicted octanol–water partition coefficient (Wildman–Crippen LogP) is -0.193. The van der Waals surface area contributed by atoms with Gasteiger partial charge in [0.15, 0.2) is 0 Å². The Morgan fingerprint density at radius 3 is 2.70 bits per heavy atom. The van der Waals surface area contributed by atoms with E-state index in [2.05, 4.69) is 6.58 Å². The molecule has 0 spiro atoms. The van der Waals surface area contributed by atoms with Crippen molar-refractivity contribution >= 4 is 0 Å². The maximum Gasteiger partial charge on any atom is 0.144 e. The van der Waals surface area contributed by atoms with E-state index in [9.17, 15) is 0 Å². The van der Waals surface area contributed by atoms with Gasteiger partial charge in [0.05, 0.1) is 6.26 Å². The molecule has 0 aromatic carbocycles. The fraction of sp³-hybridized carbons (Fsp3) is 0.429. The van der Waals surface area contributed by atoms with Gasteiger partial charge in [-0.3, -0.25) is 0 Å². The van der Waals surface area contributed by atoms with Gasteiger partial charge in [0, 0.05) is 0 Å². The Labute approximate surface area is 59.2 Å². The first kappa shape index (κ1) is 7.31. The zero-order valence-corrected chi connectivity index (χ0v) is 5.47. The van der Waals surface area contributed by atoms with Crippen molar-refractivity contribution in [2.75, 3.05) is 0 Å². The van der Waals surface area contributed by atoms with E-state index in [4.69, 9.17) is 14.9 Å². The molecule has 56 valence electrons. The van der Waals surface area contributed by atoms with Crippen LogP contribution >= 0.6 is 0 Å². The lowest BCUT2D eigenvalue weighted by Gasteiger charge is -2.25. The first-order valence-electron chi connectivity index (χ1n) is 3.06. The highest BCUT2D eigenvalue weighted by Gasteiger charge is 2.25. The number of hydrogen-bond acceptors (Lipinski definition) is 3. The third-order valence-electron chi connectivity index (χ3n) is 1.43. The minimum Gasteiger partial charge on any atom is -0.491 e. The maximum absolute atomic E-state index is 9.14. The molecule has 1 heterocycles. The van der Waals surface area contributed by atoms with E-state index in [-0.39, 0.29) is 0 Å². The van der Waals surface area contributed by atoms with Gasteiger partial charge in [-0.05, 0) is 12.2 Å². The van der Waals surface area contributed by atoms with Gasteiger partial charge in [-0.15, -0.1) is 0 Å². The SMILES string of the molecule is C=CC1OC=CC(O)C1O. The van der Waals surface area contributed by atoms with Gasteiger partial charge in [-0.1, -0.05) is 6.58 Å². The molecule has 1 aliphatic rings. The van der Waals surface area contributed by atoms with Crippen molar-refractivity contribution in [2.45, 2.75) is 18.3 Å². The van der Waals surface area contributed by atoms with Crippen molar-refractivity contribution in [3.63, 3.8) is 0 Å². The molecule has 1 rings (SSSR count). The minimum atomic E-state index is -0.887. The zero-order chi connectivity index (χ0) is 7.56. The molecule has 2 N–H and O–H groups in total. The van der Waals surface area contributed by atoms with E-state index in [0.29, 0.717) is 0 Å². The highest BCUT2D eigenvalue weighted by molar-refractivity contribution is 5.02. The van der Waals surface area contributed by atoms with Gasteiger partial charge in [-0.25, -0.2) is 0 Å². The molecule has 0 radical (unpaired) electrons. The second kappa shape index (κ2) is 2.86. The Hall–Kier alpha value is -0.800. The van der Waals surface area contributed by atoms with Crippen LogP contribution in [0.25, 0.3) is 0 Å². The normalized spacial score (nSPS) is 38.8. The average Bonchev–Trinajstić information content (AvgIpc) is 1.95. The molecule has 3 atom stereocenters. The molecule has 0 fully saturated rings. The fourth-order valence-corrected chi connectivity index (χ4v) is 0.800. The van der Waals surface area contributed by atoms with Crippen LogP contribution in [0.4, 0.5) is 0 Å². The van der Waals surface area contributed by atoms with Crippen molar-refractivity contribution in [2.24, 2.45) is 0 Å². The van der Waals surface area contributed by atoms with E-state index in [1.165, 1.54) is 18.4 Å². The number of rotatable bonds is 1. The predicted molar refractivity (Wildman–Crippen MR) is 36.2 cm³/mol. The van der Waals surface area contributed by atoms with Gasteiger partial charge in [0.2, 0.25) is 0 Å². The smallest absolute Gasteiger partial charge is 0.144 e. The third-order valence-corrected chi connectivity index (χ3v) is 1.43. The van der Waals surface area contributed by atoms with Crippen LogP contribution in [0.2, 0.25) is 0 Å². The summed E-state index contributed by atoms with van der Waals surface area (Å²) in [5.41, 5.74) is 0. The number of aliphatic hydroxyl groups excluding tert-OH is 2. The number of hydrogen-bond donors (Lipinski definition) is 2. The van der Waals surface area contributed by atoms with Gasteiger partial charge in [0.25, 0.3) is 0 Å². The molecular formula is C7H10O3. The summed E-state index contributed by atoms with van der Waals surface area (Å²) in [4.78, 5) is 0. The zero-order valence-electron chi connectivity index (χ0n) is 5.47. The Kier molecular flexibility index (Phi) is 2.09. The summed E-state index contributed by atoms with van der Waals surface area (Å²) in [5, 5.41) is 18.2. The molecule has 0 amide bonds. The number of aliphatic hydroxyl groups is 2. The summed E-state index contributed by atoms with van der Waals surface area (Å²) >= 11 is 0. The van der Waals surface area contributed by atoms with Gasteiger partial charge < -0.3 is 14.9 Å². The van der Waals surface area contributed by atoms with E-state index in [1.54, 1.807) is 0 Å². The van der Waals surface area contributed by atoms with E-state index in [0.717, 1.165) is 0 Å². The fourth-order valence-electron chi connectivity index (χ4n) is 0.800. The van der Waals surface area contributed by atoms with Gasteiger partial charge in [-0.2, -0.15) is 0 Å². The highest BCUT2D eigenvalue weighted by atomic mass is 16.5. The molecule has 0 saturated heterocycles. The summed E-state index contributed by atoms with van der Waals surface area (Å²) in [6.45, 7) is 3.44. The van der Waals surface area contributed by atoms with Crippen LogP contribution in [0, 0.1) is 0 Å². The maximum atomic E-state index is 9.14. The van der Waals surface area contributed by atoms with Crippen LogP contribution in [0.3, 0.4) is 0 Å². The molecular weight excluding hydrogens is 132 g/mol. The quantitative estimate of drug-likeness (QED) is 0.499. The summed E-state index contributed by atoms with van der Waals surface area (Å²) in [6, 6.07) is 0. The van der Waals surface area contributed by atoms with Crippen molar-refractivity contribution in [1.29, 1.82) is 0 Å². The first-order valence-corrected chi connectivity index (χ1v) is 3.06. The second-order valence-corrected chi connectivity index (χ2v) is 2.15. The van der Waals surface area contributed by atoms with Crippen LogP contribution in [0.1, 0.15) is 0 Å². The van der Waals surface area contributed by atoms with E-state index in [1.807, 2.05) is 0 Å². The average molecular weight is 142 g/mol. The molecule has 0 aromatic heterocycles. The molecule has 0 aliphatic carbocycles. The van der Waals surface area contributed by atoms with E-state index >= 15 is 0 Å². The Morgan fingerprint density at radius 2 is 2.20 bits per heavy atom. The molecule has 1 aliphatic heterocycles. The largest absolute Gasteiger partial charge is 0.491 e. The molecule has 0 bridgehead atoms. The Bertz CT molecular complexity index is 153. The summed E-state index contributed by atoms with van der Waals surface area (Å²) in [5.74, 6) is 0. The summed E-state index contributed by atoms with van der Waals surface area (Å²) < 4.78 is 4.90. The topological polar surface area (TPSA) is 49.7 Å². The Balaban J connectivity index is 2.64. The minimum absolute atomic E-state index is 0.486. The second-order valence-electron chi connectivity index (χ2n) is 2.15. The van der Waals surface area contributed by atoms with Gasteiger partial charge in [0.1, 0.15) is 18.3 Å². The molecule has 3 heteroatoms. The molecule has 3 nitrogen and oxygen atoms in total. The van der Waals surface area contributed by atoms with Gasteiger partial charge >= 0.3 is 0 Å². The number of ether oxygens (including phenoxy) is 1. The van der Waals surface area contributed by atoms with Crippen LogP contribution in [0.5, 0.6) is 0 Å². The summed E-state index contributed by atoms with van der Waals surface area (Å²) in [7, 11) is 0. The molecule has 10 heavy (non-hydrogen) atoms. The van der Waals surface area contributed by atoms with Crippen LogP contribution in [0.15, 0.2) is 25.0 Å². The lowest BCUT2D eigenvalue weighted by atomic mass is 10.1. The van der Waals surface area contributed by atoms with Crippen LogP contribution < -0.4 is 0 Å². The van der Waals surface area contributed by atoms with Crippen molar-refractivity contribution in [1.82, 2.24) is 0 Å². The third kappa shape index (κ3) is 1.20. The molecule has 0 saturated carbocycles. The first-order chi connectivity index (χ1) is 4.75. The molecule has 0 aromatic rings. The molecule has 3 unspecified atom stereocenters. The monoisotopic (exact) mass is 142 g/mol. The van der Waals surface area contributed by atoms with Crippen molar-refractivity contribution in [3.8, 4) is 0 Å². The van der Waals surface area contributed by atoms with E-state index < -0.39 is 18.3 Å². The Morgan fingerprint density at radius 1 is 1.50 bits per heavy atom. The van der Waals surface area contributed by atoms with Crippen LogP contribution in [-0.4, -0.2) is 28.5 Å². The summed E-state index contributed by atoms with van der Waals surface area (Å²) in [6.07, 6.45) is 2.01. The highest BCUT2D eigenvalue weighted by Crippen LogP contribution is 2.12. The standard InChI is InChI=1S/C7H10O3/c1-2-6-7(9)5(8)3-4-10-6/h2-9H,1H2. The van der Waals surface area contributed by atoms with Crippen LogP contribution in [-0.2, 0) is 4.74 Å². The lowest BCUT2D eigenvalue weighted by Crippen LogP contribution is -2.38. The van der Waals surface area contributed by atoms with Crippen molar-refractivity contribution < 1.29 is 14.9 Å². The van der Waals surface area contributed by atoms with Crippen molar-refractivity contribution in [3.05, 3.63) is 25.0 Å².